The zero-order chi connectivity index (χ0) is 25.0. The van der Waals surface area contributed by atoms with Crippen LogP contribution in [0, 0.1) is 0 Å². The molecule has 1 unspecified atom stereocenters. The third-order valence-corrected chi connectivity index (χ3v) is 5.21. The summed E-state index contributed by atoms with van der Waals surface area (Å²) in [7, 11) is 0. The molecule has 4 amide bonds. The van der Waals surface area contributed by atoms with Crippen molar-refractivity contribution in [3.63, 3.8) is 0 Å². The summed E-state index contributed by atoms with van der Waals surface area (Å²) in [6, 6.07) is 3.52. The number of amides is 4. The zero-order valence-electron chi connectivity index (χ0n) is 19.2. The summed E-state index contributed by atoms with van der Waals surface area (Å²) < 4.78 is 26.6. The molecule has 1 atom stereocenters. The van der Waals surface area contributed by atoms with Crippen molar-refractivity contribution in [2.24, 2.45) is 0 Å². The SMILES string of the molecule is O=CCOCCOCCOCCOCCOc1ccc2c(c1)C(=O)N(C1CCC(=O)NC1=O)C2=O. The predicted molar refractivity (Wildman–Crippen MR) is 118 cm³/mol. The molecule has 0 aliphatic carbocycles. The van der Waals surface area contributed by atoms with Crippen LogP contribution in [0.25, 0.3) is 0 Å². The van der Waals surface area contributed by atoms with Crippen molar-refractivity contribution in [2.45, 2.75) is 18.9 Å². The zero-order valence-corrected chi connectivity index (χ0v) is 19.2. The van der Waals surface area contributed by atoms with Crippen LogP contribution < -0.4 is 10.1 Å². The van der Waals surface area contributed by atoms with Crippen molar-refractivity contribution < 1.29 is 47.7 Å². The molecule has 0 bridgehead atoms. The van der Waals surface area contributed by atoms with E-state index in [1.807, 2.05) is 0 Å². The molecule has 3 rings (SSSR count). The molecule has 1 aromatic carbocycles. The van der Waals surface area contributed by atoms with Gasteiger partial charge >= 0.3 is 0 Å². The first-order chi connectivity index (χ1) is 17.0. The molecular weight excluding hydrogens is 464 g/mol. The Morgan fingerprint density at radius 1 is 0.829 bits per heavy atom. The number of nitrogens with one attached hydrogen (secondary N) is 1. The molecule has 2 heterocycles. The second-order valence-corrected chi connectivity index (χ2v) is 7.58. The lowest BCUT2D eigenvalue weighted by molar-refractivity contribution is -0.136. The van der Waals surface area contributed by atoms with Gasteiger partial charge in [-0.05, 0) is 24.6 Å². The van der Waals surface area contributed by atoms with Gasteiger partial charge in [0.2, 0.25) is 11.8 Å². The van der Waals surface area contributed by atoms with Crippen molar-refractivity contribution >= 4 is 29.9 Å². The number of aldehydes is 1. The Labute approximate surface area is 201 Å². The number of imide groups is 2. The monoisotopic (exact) mass is 492 g/mol. The fourth-order valence-corrected chi connectivity index (χ4v) is 3.55. The number of carbonyl (C=O) groups is 5. The molecule has 0 saturated carbocycles. The summed E-state index contributed by atoms with van der Waals surface area (Å²) in [6.07, 6.45) is 0.850. The van der Waals surface area contributed by atoms with Crippen LogP contribution in [-0.4, -0.2) is 100 Å². The van der Waals surface area contributed by atoms with Gasteiger partial charge in [-0.25, -0.2) is 0 Å². The van der Waals surface area contributed by atoms with E-state index in [0.717, 1.165) is 4.90 Å². The maximum absolute atomic E-state index is 12.8. The van der Waals surface area contributed by atoms with E-state index in [1.54, 1.807) is 6.07 Å². The quantitative estimate of drug-likeness (QED) is 0.186. The summed E-state index contributed by atoms with van der Waals surface area (Å²) in [5, 5.41) is 2.16. The topological polar surface area (TPSA) is 147 Å². The van der Waals surface area contributed by atoms with Crippen LogP contribution in [0.2, 0.25) is 0 Å². The minimum Gasteiger partial charge on any atom is -0.491 e. The average molecular weight is 492 g/mol. The third-order valence-electron chi connectivity index (χ3n) is 5.21. The predicted octanol–water partition coefficient (Wildman–Crippen LogP) is -0.268. The summed E-state index contributed by atoms with van der Waals surface area (Å²) in [5.74, 6) is -1.83. The van der Waals surface area contributed by atoms with Crippen molar-refractivity contribution in [3.8, 4) is 5.75 Å². The van der Waals surface area contributed by atoms with Gasteiger partial charge in [0, 0.05) is 6.42 Å². The molecule has 0 spiro atoms. The first-order valence-corrected chi connectivity index (χ1v) is 11.3. The molecule has 1 fully saturated rings. The molecule has 190 valence electrons. The smallest absolute Gasteiger partial charge is 0.262 e. The van der Waals surface area contributed by atoms with Crippen LogP contribution in [-0.2, 0) is 33.3 Å². The normalized spacial score (nSPS) is 17.5. The lowest BCUT2D eigenvalue weighted by Gasteiger charge is -2.27. The van der Waals surface area contributed by atoms with Crippen LogP contribution in [0.1, 0.15) is 33.6 Å². The largest absolute Gasteiger partial charge is 0.491 e. The second-order valence-electron chi connectivity index (χ2n) is 7.58. The van der Waals surface area contributed by atoms with E-state index in [9.17, 15) is 24.0 Å². The summed E-state index contributed by atoms with van der Waals surface area (Å²) in [4.78, 5) is 59.9. The minimum atomic E-state index is -1.01. The Kier molecular flexibility index (Phi) is 10.3. The van der Waals surface area contributed by atoms with E-state index in [1.165, 1.54) is 12.1 Å². The molecule has 2 aliphatic heterocycles. The Balaban J connectivity index is 1.32. The summed E-state index contributed by atoms with van der Waals surface area (Å²) >= 11 is 0. The summed E-state index contributed by atoms with van der Waals surface area (Å²) in [6.45, 7) is 2.90. The van der Waals surface area contributed by atoms with Gasteiger partial charge in [0.1, 0.15) is 31.3 Å². The lowest BCUT2D eigenvalue weighted by Crippen LogP contribution is -2.54. The van der Waals surface area contributed by atoms with Gasteiger partial charge in [-0.2, -0.15) is 0 Å². The first-order valence-electron chi connectivity index (χ1n) is 11.3. The Bertz CT molecular complexity index is 935. The number of carbonyl (C=O) groups excluding carboxylic acids is 5. The van der Waals surface area contributed by atoms with E-state index >= 15 is 0 Å². The van der Waals surface area contributed by atoms with Gasteiger partial charge in [-0.1, -0.05) is 0 Å². The molecule has 1 aromatic rings. The maximum atomic E-state index is 12.8. The molecule has 1 N–H and O–H groups in total. The van der Waals surface area contributed by atoms with Crippen LogP contribution in [0.4, 0.5) is 0 Å². The van der Waals surface area contributed by atoms with Crippen LogP contribution in [0.15, 0.2) is 18.2 Å². The van der Waals surface area contributed by atoms with Gasteiger partial charge in [-0.15, -0.1) is 0 Å². The van der Waals surface area contributed by atoms with Crippen molar-refractivity contribution in [3.05, 3.63) is 29.3 Å². The number of fused-ring (bicyclic) bond motifs is 1. The van der Waals surface area contributed by atoms with Gasteiger partial charge < -0.3 is 28.5 Å². The van der Waals surface area contributed by atoms with E-state index in [4.69, 9.17) is 23.7 Å². The number of rotatable bonds is 16. The number of hydrogen-bond donors (Lipinski definition) is 1. The van der Waals surface area contributed by atoms with Crippen molar-refractivity contribution in [2.75, 3.05) is 59.5 Å². The second kappa shape index (κ2) is 13.6. The Morgan fingerprint density at radius 3 is 2.06 bits per heavy atom. The standard InChI is InChI=1S/C23H28N2O10/c26-5-6-31-7-8-32-9-10-33-11-12-34-13-14-35-16-1-2-17-18(15-16)23(30)25(22(17)29)19-3-4-20(27)24-21(19)28/h1-2,5,15,19H,3-4,6-14H2,(H,24,27,28). The maximum Gasteiger partial charge on any atom is 0.262 e. The molecule has 12 nitrogen and oxygen atoms in total. The Morgan fingerprint density at radius 2 is 1.43 bits per heavy atom. The van der Waals surface area contributed by atoms with Gasteiger partial charge in [-0.3, -0.25) is 29.4 Å². The molecule has 1 saturated heterocycles. The molecule has 35 heavy (non-hydrogen) atoms. The number of benzene rings is 1. The number of hydrogen-bond acceptors (Lipinski definition) is 10. The van der Waals surface area contributed by atoms with Gasteiger partial charge in [0.05, 0.1) is 57.4 Å². The molecule has 0 aromatic heterocycles. The molecule has 12 heteroatoms. The highest BCUT2D eigenvalue weighted by Crippen LogP contribution is 2.30. The highest BCUT2D eigenvalue weighted by Gasteiger charge is 2.44. The fourth-order valence-electron chi connectivity index (χ4n) is 3.55. The van der Waals surface area contributed by atoms with Crippen molar-refractivity contribution in [1.29, 1.82) is 0 Å². The highest BCUT2D eigenvalue weighted by molar-refractivity contribution is 6.23. The fraction of sp³-hybridized carbons (Fsp3) is 0.522. The van der Waals surface area contributed by atoms with E-state index in [2.05, 4.69) is 5.32 Å². The summed E-state index contributed by atoms with van der Waals surface area (Å²) in [5.41, 5.74) is 0.349. The first kappa shape index (κ1) is 26.4. The number of nitrogens with zero attached hydrogens (tertiary/aromatic N) is 1. The van der Waals surface area contributed by atoms with E-state index in [-0.39, 0.29) is 37.2 Å². The van der Waals surface area contributed by atoms with Gasteiger partial charge in [0.25, 0.3) is 11.8 Å². The van der Waals surface area contributed by atoms with Crippen LogP contribution in [0.3, 0.4) is 0 Å². The highest BCUT2D eigenvalue weighted by atomic mass is 16.6. The molecule has 0 radical (unpaired) electrons. The van der Waals surface area contributed by atoms with Crippen molar-refractivity contribution in [1.82, 2.24) is 10.2 Å². The minimum absolute atomic E-state index is 0.0638. The van der Waals surface area contributed by atoms with E-state index in [0.29, 0.717) is 58.3 Å². The molecule has 2 aliphatic rings. The van der Waals surface area contributed by atoms with Crippen LogP contribution >= 0.6 is 0 Å². The average Bonchev–Trinajstić information content (AvgIpc) is 3.09. The number of ether oxygens (including phenoxy) is 5. The molecular formula is C23H28N2O10. The lowest BCUT2D eigenvalue weighted by atomic mass is 10.0. The van der Waals surface area contributed by atoms with Crippen LogP contribution in [0.5, 0.6) is 5.75 Å². The Hall–Kier alpha value is -3.19. The number of piperidine rings is 1. The van der Waals surface area contributed by atoms with Gasteiger partial charge in [0.15, 0.2) is 0 Å². The van der Waals surface area contributed by atoms with E-state index < -0.39 is 29.7 Å². The third kappa shape index (κ3) is 7.39.